The number of thiophene rings is 1. The van der Waals surface area contributed by atoms with E-state index < -0.39 is 5.97 Å². The number of esters is 1. The molecule has 138 valence electrons. The second kappa shape index (κ2) is 8.06. The molecule has 2 aromatic carbocycles. The Morgan fingerprint density at radius 3 is 2.33 bits per heavy atom. The maximum atomic E-state index is 12.7. The molecule has 0 saturated heterocycles. The molecule has 0 fully saturated rings. The number of methoxy groups -OCH3 is 1. The summed E-state index contributed by atoms with van der Waals surface area (Å²) in [5, 5.41) is 3.36. The zero-order chi connectivity index (χ0) is 19.6. The molecule has 0 unspecified atom stereocenters. The molecule has 0 spiro atoms. The number of ether oxygens (including phenoxy) is 1. The zero-order valence-electron chi connectivity index (χ0n) is 15.1. The molecule has 0 radical (unpaired) electrons. The van der Waals surface area contributed by atoms with Crippen LogP contribution in [0.4, 0.5) is 5.00 Å². The number of nitrogens with one attached hydrogen (secondary N) is 1. The third-order valence-corrected chi connectivity index (χ3v) is 5.87. The third-order valence-electron chi connectivity index (χ3n) is 4.16. The number of carbonyl (C=O) groups excluding carboxylic acids is 2. The second-order valence-corrected chi connectivity index (χ2v) is 8.11. The molecule has 1 aromatic heterocycles. The Kier molecular flexibility index (Phi) is 5.77. The van der Waals surface area contributed by atoms with E-state index >= 15 is 0 Å². The minimum absolute atomic E-state index is 0.288. The highest BCUT2D eigenvalue weighted by molar-refractivity contribution is 9.10. The molecule has 0 atom stereocenters. The molecule has 1 N–H and O–H groups in total. The fourth-order valence-corrected chi connectivity index (χ4v) is 4.34. The van der Waals surface area contributed by atoms with Crippen LogP contribution >= 0.6 is 27.3 Å². The highest BCUT2D eigenvalue weighted by Crippen LogP contribution is 2.40. The van der Waals surface area contributed by atoms with Gasteiger partial charge in [0.05, 0.1) is 12.7 Å². The van der Waals surface area contributed by atoms with Crippen LogP contribution in [0, 0.1) is 13.8 Å². The van der Waals surface area contributed by atoms with E-state index in [0.717, 1.165) is 21.6 Å². The molecule has 0 aliphatic rings. The Hall–Kier alpha value is -2.44. The Morgan fingerprint density at radius 1 is 1.04 bits per heavy atom. The Balaban J connectivity index is 2.07. The van der Waals surface area contributed by atoms with E-state index in [2.05, 4.69) is 21.2 Å². The Morgan fingerprint density at radius 2 is 1.70 bits per heavy atom. The van der Waals surface area contributed by atoms with Gasteiger partial charge in [-0.1, -0.05) is 42.0 Å². The van der Waals surface area contributed by atoms with E-state index in [1.54, 1.807) is 18.2 Å². The normalized spacial score (nSPS) is 10.5. The van der Waals surface area contributed by atoms with Crippen LogP contribution in [0.5, 0.6) is 0 Å². The van der Waals surface area contributed by atoms with Crippen molar-refractivity contribution in [1.29, 1.82) is 0 Å². The summed E-state index contributed by atoms with van der Waals surface area (Å²) in [4.78, 5) is 26.2. The van der Waals surface area contributed by atoms with Crippen molar-refractivity contribution in [1.82, 2.24) is 0 Å². The highest BCUT2D eigenvalue weighted by atomic mass is 79.9. The van der Waals surface area contributed by atoms with E-state index in [9.17, 15) is 9.59 Å². The molecule has 1 heterocycles. The first kappa shape index (κ1) is 19.3. The first-order valence-electron chi connectivity index (χ1n) is 8.27. The van der Waals surface area contributed by atoms with Gasteiger partial charge in [0.2, 0.25) is 0 Å². The summed E-state index contributed by atoms with van der Waals surface area (Å²) in [5.74, 6) is -0.762. The standard InChI is InChI=1S/C21H18BrNO3S/c1-12-8-10-14(11-9-12)17-13(2)27-20(18(17)21(25)26-3)23-19(24)15-6-4-5-7-16(15)22/h4-11H,1-3H3,(H,23,24). The SMILES string of the molecule is COC(=O)c1c(NC(=O)c2ccccc2Br)sc(C)c1-c1ccc(C)cc1. The number of carbonyl (C=O) groups is 2. The van der Waals surface area contributed by atoms with E-state index in [-0.39, 0.29) is 5.91 Å². The first-order valence-corrected chi connectivity index (χ1v) is 9.88. The average molecular weight is 444 g/mol. The fourth-order valence-electron chi connectivity index (χ4n) is 2.81. The number of amides is 1. The highest BCUT2D eigenvalue weighted by Gasteiger charge is 2.25. The van der Waals surface area contributed by atoms with E-state index in [1.165, 1.54) is 18.4 Å². The summed E-state index contributed by atoms with van der Waals surface area (Å²) >= 11 is 4.75. The van der Waals surface area contributed by atoms with Crippen molar-refractivity contribution in [2.75, 3.05) is 12.4 Å². The molecule has 0 aliphatic heterocycles. The van der Waals surface area contributed by atoms with Crippen LogP contribution in [0.1, 0.15) is 31.2 Å². The minimum Gasteiger partial charge on any atom is -0.465 e. The number of halogens is 1. The van der Waals surface area contributed by atoms with Crippen LogP contribution in [-0.4, -0.2) is 19.0 Å². The molecule has 3 rings (SSSR count). The predicted molar refractivity (Wildman–Crippen MR) is 113 cm³/mol. The summed E-state index contributed by atoms with van der Waals surface area (Å²) in [7, 11) is 1.34. The molecule has 0 aliphatic carbocycles. The molecular formula is C21H18BrNO3S. The van der Waals surface area contributed by atoms with Gasteiger partial charge in [-0.15, -0.1) is 11.3 Å². The van der Waals surface area contributed by atoms with E-state index in [4.69, 9.17) is 4.74 Å². The van der Waals surface area contributed by atoms with Gasteiger partial charge in [-0.3, -0.25) is 4.79 Å². The molecule has 27 heavy (non-hydrogen) atoms. The molecule has 1 amide bonds. The maximum Gasteiger partial charge on any atom is 0.341 e. The van der Waals surface area contributed by atoms with Gasteiger partial charge < -0.3 is 10.1 Å². The summed E-state index contributed by atoms with van der Waals surface area (Å²) < 4.78 is 5.68. The quantitative estimate of drug-likeness (QED) is 0.515. The number of hydrogen-bond acceptors (Lipinski definition) is 4. The zero-order valence-corrected chi connectivity index (χ0v) is 17.5. The topological polar surface area (TPSA) is 55.4 Å². The molecule has 3 aromatic rings. The van der Waals surface area contributed by atoms with E-state index in [1.807, 2.05) is 44.2 Å². The monoisotopic (exact) mass is 443 g/mol. The van der Waals surface area contributed by atoms with Gasteiger partial charge in [0.25, 0.3) is 5.91 Å². The average Bonchev–Trinajstić information content (AvgIpc) is 2.97. The lowest BCUT2D eigenvalue weighted by molar-refractivity contribution is 0.0603. The number of hydrogen-bond donors (Lipinski definition) is 1. The van der Waals surface area contributed by atoms with Crippen LogP contribution in [0.3, 0.4) is 0 Å². The smallest absolute Gasteiger partial charge is 0.341 e. The maximum absolute atomic E-state index is 12.7. The van der Waals surface area contributed by atoms with Crippen LogP contribution in [0.15, 0.2) is 53.0 Å². The third kappa shape index (κ3) is 3.96. The van der Waals surface area contributed by atoms with Crippen molar-refractivity contribution in [2.24, 2.45) is 0 Å². The largest absolute Gasteiger partial charge is 0.465 e. The number of anilines is 1. The molecule has 6 heteroatoms. The van der Waals surface area contributed by atoms with Crippen molar-refractivity contribution < 1.29 is 14.3 Å². The summed E-state index contributed by atoms with van der Waals surface area (Å²) in [6.07, 6.45) is 0. The van der Waals surface area contributed by atoms with Gasteiger partial charge >= 0.3 is 5.97 Å². The van der Waals surface area contributed by atoms with Crippen LogP contribution in [-0.2, 0) is 4.74 Å². The lowest BCUT2D eigenvalue weighted by atomic mass is 10.0. The van der Waals surface area contributed by atoms with Crippen molar-refractivity contribution in [3.63, 3.8) is 0 Å². The predicted octanol–water partition coefficient (Wildman–Crippen LogP) is 5.83. The van der Waals surface area contributed by atoms with Gasteiger partial charge in [-0.2, -0.15) is 0 Å². The van der Waals surface area contributed by atoms with Crippen molar-refractivity contribution in [3.8, 4) is 11.1 Å². The summed E-state index contributed by atoms with van der Waals surface area (Å²) in [5.41, 5.74) is 3.71. The molecule has 0 bridgehead atoms. The molecule has 4 nitrogen and oxygen atoms in total. The number of aryl methyl sites for hydroxylation is 2. The fraction of sp³-hybridized carbons (Fsp3) is 0.143. The van der Waals surface area contributed by atoms with Gasteiger partial charge in [0, 0.05) is 14.9 Å². The second-order valence-electron chi connectivity index (χ2n) is 6.03. The first-order chi connectivity index (χ1) is 12.9. The number of rotatable bonds is 4. The van der Waals surface area contributed by atoms with Gasteiger partial charge in [-0.25, -0.2) is 4.79 Å². The van der Waals surface area contributed by atoms with E-state index in [0.29, 0.717) is 20.6 Å². The minimum atomic E-state index is -0.475. The van der Waals surface area contributed by atoms with Gasteiger partial charge in [-0.05, 0) is 47.5 Å². The molecular weight excluding hydrogens is 426 g/mol. The van der Waals surface area contributed by atoms with Gasteiger partial charge in [0.15, 0.2) is 0 Å². The van der Waals surface area contributed by atoms with Crippen molar-refractivity contribution >= 4 is 44.1 Å². The lowest BCUT2D eigenvalue weighted by Crippen LogP contribution is -2.14. The van der Waals surface area contributed by atoms with Crippen LogP contribution in [0.2, 0.25) is 0 Å². The van der Waals surface area contributed by atoms with Gasteiger partial charge in [0.1, 0.15) is 10.6 Å². The Labute approximate surface area is 170 Å². The molecule has 0 saturated carbocycles. The van der Waals surface area contributed by atoms with Crippen LogP contribution in [0.25, 0.3) is 11.1 Å². The van der Waals surface area contributed by atoms with Crippen molar-refractivity contribution in [3.05, 3.63) is 74.6 Å². The Bertz CT molecular complexity index is 1010. The lowest BCUT2D eigenvalue weighted by Gasteiger charge is -2.09. The van der Waals surface area contributed by atoms with Crippen LogP contribution < -0.4 is 5.32 Å². The summed E-state index contributed by atoms with van der Waals surface area (Å²) in [6, 6.07) is 15.1. The summed E-state index contributed by atoms with van der Waals surface area (Å²) in [6.45, 7) is 3.94. The number of benzene rings is 2. The van der Waals surface area contributed by atoms with Crippen molar-refractivity contribution in [2.45, 2.75) is 13.8 Å².